The van der Waals surface area contributed by atoms with E-state index < -0.39 is 6.10 Å². The molecule has 1 aliphatic rings. The minimum atomic E-state index is -0.473. The molecule has 0 unspecified atom stereocenters. The molecule has 2 rings (SSSR count). The van der Waals surface area contributed by atoms with Crippen molar-refractivity contribution in [2.24, 2.45) is 5.73 Å². The van der Waals surface area contributed by atoms with Crippen LogP contribution in [0.3, 0.4) is 0 Å². The van der Waals surface area contributed by atoms with Crippen molar-refractivity contribution in [1.82, 2.24) is 0 Å². The number of fused-ring (bicyclic) bond motifs is 1. The van der Waals surface area contributed by atoms with Crippen LogP contribution >= 0.6 is 0 Å². The molecule has 1 aliphatic carbocycles. The van der Waals surface area contributed by atoms with Crippen LogP contribution in [0.4, 0.5) is 0 Å². The van der Waals surface area contributed by atoms with Gasteiger partial charge in [0.1, 0.15) is 0 Å². The smallest absolute Gasteiger partial charge is 0.0943 e. The lowest BCUT2D eigenvalue weighted by Gasteiger charge is -2.17. The van der Waals surface area contributed by atoms with Crippen LogP contribution < -0.4 is 5.73 Å². The quantitative estimate of drug-likeness (QED) is 0.588. The Balaban J connectivity index is 2.40. The molecule has 0 heterocycles. The highest BCUT2D eigenvalue weighted by Crippen LogP contribution is 2.27. The van der Waals surface area contributed by atoms with Gasteiger partial charge in [0.15, 0.2) is 0 Å². The van der Waals surface area contributed by atoms with Gasteiger partial charge < -0.3 is 10.8 Å². The zero-order valence-corrected chi connectivity index (χ0v) is 7.61. The van der Waals surface area contributed by atoms with E-state index in [1.165, 1.54) is 5.56 Å². The minimum absolute atomic E-state index is 0.0938. The van der Waals surface area contributed by atoms with E-state index in [4.69, 9.17) is 5.73 Å². The van der Waals surface area contributed by atoms with Crippen LogP contribution in [-0.4, -0.2) is 11.1 Å². The standard InChI is InChI=1S/C11H15NO/c12-10-7-3-5-8-4-1-2-6-9(8)11(10)13/h1-2,4,6,10-11,13H,3,5,7,12H2/t10-,11-/m1/s1. The summed E-state index contributed by atoms with van der Waals surface area (Å²) in [7, 11) is 0. The summed E-state index contributed by atoms with van der Waals surface area (Å²) in [6, 6.07) is 7.94. The first kappa shape index (κ1) is 8.73. The van der Waals surface area contributed by atoms with Crippen molar-refractivity contribution >= 4 is 0 Å². The number of hydrogen-bond acceptors (Lipinski definition) is 2. The van der Waals surface area contributed by atoms with Gasteiger partial charge in [0, 0.05) is 6.04 Å². The molecule has 0 amide bonds. The number of rotatable bonds is 0. The number of aryl methyl sites for hydroxylation is 1. The third-order valence-electron chi connectivity index (χ3n) is 2.76. The van der Waals surface area contributed by atoms with Gasteiger partial charge in [-0.25, -0.2) is 0 Å². The van der Waals surface area contributed by atoms with Crippen LogP contribution in [0.2, 0.25) is 0 Å². The van der Waals surface area contributed by atoms with Gasteiger partial charge in [0.2, 0.25) is 0 Å². The Morgan fingerprint density at radius 1 is 1.31 bits per heavy atom. The van der Waals surface area contributed by atoms with Crippen LogP contribution in [0.25, 0.3) is 0 Å². The third kappa shape index (κ3) is 1.60. The highest BCUT2D eigenvalue weighted by atomic mass is 16.3. The van der Waals surface area contributed by atoms with Gasteiger partial charge in [0.25, 0.3) is 0 Å². The van der Waals surface area contributed by atoms with Crippen molar-refractivity contribution in [2.45, 2.75) is 31.4 Å². The molecule has 0 aliphatic heterocycles. The zero-order valence-electron chi connectivity index (χ0n) is 7.61. The highest BCUT2D eigenvalue weighted by Gasteiger charge is 2.22. The largest absolute Gasteiger partial charge is 0.387 e. The number of benzene rings is 1. The molecule has 0 aromatic heterocycles. The van der Waals surface area contributed by atoms with E-state index in [1.807, 2.05) is 18.2 Å². The lowest BCUT2D eigenvalue weighted by atomic mass is 9.99. The molecule has 1 aromatic rings. The van der Waals surface area contributed by atoms with Gasteiger partial charge in [-0.15, -0.1) is 0 Å². The Labute approximate surface area is 78.4 Å². The molecule has 0 radical (unpaired) electrons. The van der Waals surface area contributed by atoms with E-state index in [2.05, 4.69) is 6.07 Å². The van der Waals surface area contributed by atoms with Gasteiger partial charge in [-0.3, -0.25) is 0 Å². The molecule has 0 saturated heterocycles. The lowest BCUT2D eigenvalue weighted by molar-refractivity contribution is 0.144. The lowest BCUT2D eigenvalue weighted by Crippen LogP contribution is -2.27. The summed E-state index contributed by atoms with van der Waals surface area (Å²) in [6.45, 7) is 0. The predicted octanol–water partition coefficient (Wildman–Crippen LogP) is 1.38. The second kappa shape index (κ2) is 3.48. The molecular formula is C11H15NO. The summed E-state index contributed by atoms with van der Waals surface area (Å²) in [5.74, 6) is 0. The van der Waals surface area contributed by atoms with Crippen LogP contribution in [0.15, 0.2) is 24.3 Å². The van der Waals surface area contributed by atoms with Gasteiger partial charge in [-0.05, 0) is 30.4 Å². The van der Waals surface area contributed by atoms with Gasteiger partial charge >= 0.3 is 0 Å². The number of hydrogen-bond donors (Lipinski definition) is 2. The summed E-state index contributed by atoms with van der Waals surface area (Å²) < 4.78 is 0. The Bertz CT molecular complexity index is 298. The van der Waals surface area contributed by atoms with E-state index >= 15 is 0 Å². The molecule has 1 aromatic carbocycles. The Kier molecular flexibility index (Phi) is 2.34. The molecule has 0 bridgehead atoms. The zero-order chi connectivity index (χ0) is 9.26. The topological polar surface area (TPSA) is 46.2 Å². The summed E-state index contributed by atoms with van der Waals surface area (Å²) in [6.07, 6.45) is 2.56. The van der Waals surface area contributed by atoms with Crippen LogP contribution in [0.1, 0.15) is 30.1 Å². The van der Waals surface area contributed by atoms with E-state index in [1.54, 1.807) is 0 Å². The SMILES string of the molecule is N[C@@H]1CCCc2ccccc2[C@H]1O. The van der Waals surface area contributed by atoms with Gasteiger partial charge in [-0.2, -0.15) is 0 Å². The monoisotopic (exact) mass is 177 g/mol. The first-order valence-electron chi connectivity index (χ1n) is 4.80. The maximum atomic E-state index is 9.88. The van der Waals surface area contributed by atoms with Crippen molar-refractivity contribution in [3.63, 3.8) is 0 Å². The van der Waals surface area contributed by atoms with Crippen molar-refractivity contribution in [2.75, 3.05) is 0 Å². The van der Waals surface area contributed by atoms with Gasteiger partial charge in [0.05, 0.1) is 6.10 Å². The average molecular weight is 177 g/mol. The second-order valence-electron chi connectivity index (χ2n) is 3.70. The molecule has 2 heteroatoms. The second-order valence-corrected chi connectivity index (χ2v) is 3.70. The highest BCUT2D eigenvalue weighted by molar-refractivity contribution is 5.31. The molecule has 3 N–H and O–H groups in total. The fourth-order valence-corrected chi connectivity index (χ4v) is 1.97. The van der Waals surface area contributed by atoms with Gasteiger partial charge in [-0.1, -0.05) is 24.3 Å². The summed E-state index contributed by atoms with van der Waals surface area (Å²) in [4.78, 5) is 0. The Morgan fingerprint density at radius 2 is 2.08 bits per heavy atom. The molecule has 70 valence electrons. The van der Waals surface area contributed by atoms with E-state index in [-0.39, 0.29) is 6.04 Å². The van der Waals surface area contributed by atoms with Crippen molar-refractivity contribution in [1.29, 1.82) is 0 Å². The molecule has 13 heavy (non-hydrogen) atoms. The Hall–Kier alpha value is -0.860. The normalized spacial score (nSPS) is 27.8. The molecule has 0 fully saturated rings. The first-order valence-corrected chi connectivity index (χ1v) is 4.80. The first-order chi connectivity index (χ1) is 6.29. The molecular weight excluding hydrogens is 162 g/mol. The number of aliphatic hydroxyl groups excluding tert-OH is 1. The number of nitrogens with two attached hydrogens (primary N) is 1. The number of aliphatic hydroxyl groups is 1. The third-order valence-corrected chi connectivity index (χ3v) is 2.76. The molecule has 2 nitrogen and oxygen atoms in total. The molecule has 0 spiro atoms. The van der Waals surface area contributed by atoms with Crippen molar-refractivity contribution in [3.05, 3.63) is 35.4 Å². The fraction of sp³-hybridized carbons (Fsp3) is 0.455. The average Bonchev–Trinajstić information content (AvgIpc) is 2.29. The van der Waals surface area contributed by atoms with Crippen LogP contribution in [0.5, 0.6) is 0 Å². The molecule has 0 saturated carbocycles. The summed E-state index contributed by atoms with van der Waals surface area (Å²) in [5, 5.41) is 9.88. The summed E-state index contributed by atoms with van der Waals surface area (Å²) >= 11 is 0. The fourth-order valence-electron chi connectivity index (χ4n) is 1.97. The van der Waals surface area contributed by atoms with Crippen LogP contribution in [-0.2, 0) is 6.42 Å². The van der Waals surface area contributed by atoms with Crippen molar-refractivity contribution in [3.8, 4) is 0 Å². The van der Waals surface area contributed by atoms with E-state index in [9.17, 15) is 5.11 Å². The van der Waals surface area contributed by atoms with E-state index in [0.29, 0.717) is 0 Å². The maximum Gasteiger partial charge on any atom is 0.0943 e. The maximum absolute atomic E-state index is 9.88. The molecule has 2 atom stereocenters. The van der Waals surface area contributed by atoms with Crippen molar-refractivity contribution < 1.29 is 5.11 Å². The predicted molar refractivity (Wildman–Crippen MR) is 52.3 cm³/mol. The Morgan fingerprint density at radius 3 is 2.92 bits per heavy atom. The van der Waals surface area contributed by atoms with Crippen LogP contribution in [0, 0.1) is 0 Å². The minimum Gasteiger partial charge on any atom is -0.387 e. The van der Waals surface area contributed by atoms with E-state index in [0.717, 1.165) is 24.8 Å². The summed E-state index contributed by atoms with van der Waals surface area (Å²) in [5.41, 5.74) is 8.12.